The van der Waals surface area contributed by atoms with Gasteiger partial charge in [-0.1, -0.05) is 54.4 Å². The second-order valence-corrected chi connectivity index (χ2v) is 13.9. The van der Waals surface area contributed by atoms with Crippen molar-refractivity contribution in [3.8, 4) is 0 Å². The third-order valence-electron chi connectivity index (χ3n) is 5.54. The molecule has 1 aliphatic rings. The van der Waals surface area contributed by atoms with E-state index in [0.717, 1.165) is 23.7 Å². The van der Waals surface area contributed by atoms with Crippen LogP contribution in [0.4, 0.5) is 0 Å². The first-order valence-electron chi connectivity index (χ1n) is 7.20. The van der Waals surface area contributed by atoms with Gasteiger partial charge in [-0.05, 0) is 17.8 Å². The number of fused-ring (bicyclic) bond motifs is 1. The van der Waals surface area contributed by atoms with Crippen molar-refractivity contribution < 1.29 is 14.7 Å². The molecule has 2 rings (SSSR count). The van der Waals surface area contributed by atoms with Gasteiger partial charge < -0.3 is 0 Å². The Morgan fingerprint density at radius 3 is 1.75 bits per heavy atom. The van der Waals surface area contributed by atoms with Gasteiger partial charge in [-0.25, -0.2) is 0 Å². The minimum atomic E-state index is -1.92. The molecule has 0 saturated heterocycles. The van der Waals surface area contributed by atoms with E-state index in [1.54, 1.807) is 22.3 Å². The molecule has 0 N–H and O–H groups in total. The van der Waals surface area contributed by atoms with E-state index in [2.05, 4.69) is 48.5 Å². The molecule has 1 aliphatic carbocycles. The van der Waals surface area contributed by atoms with Gasteiger partial charge >= 0.3 is 42.6 Å². The van der Waals surface area contributed by atoms with Crippen LogP contribution in [0.15, 0.2) is 0 Å². The van der Waals surface area contributed by atoms with E-state index in [1.165, 1.54) is 5.56 Å². The van der Waals surface area contributed by atoms with Crippen LogP contribution in [0, 0.1) is 32.6 Å². The zero-order valence-corrected chi connectivity index (χ0v) is 17.3. The van der Waals surface area contributed by atoms with Gasteiger partial charge in [0.15, 0.2) is 0 Å². The molecule has 20 heavy (non-hydrogen) atoms. The molecular weight excluding hydrogens is 346 g/mol. The van der Waals surface area contributed by atoms with E-state index in [0.29, 0.717) is 0 Å². The van der Waals surface area contributed by atoms with Crippen LogP contribution in [-0.2, 0) is 14.7 Å². The van der Waals surface area contributed by atoms with Crippen LogP contribution in [0.2, 0.25) is 0 Å². The zero-order chi connectivity index (χ0) is 15.8. The molecule has 0 aromatic heterocycles. The fourth-order valence-electron chi connectivity index (χ4n) is 3.70. The van der Waals surface area contributed by atoms with Gasteiger partial charge in [-0.3, -0.25) is 0 Å². The van der Waals surface area contributed by atoms with E-state index in [-0.39, 0.29) is 0 Å². The van der Waals surface area contributed by atoms with Crippen molar-refractivity contribution in [2.75, 3.05) is 0 Å². The third-order valence-corrected chi connectivity index (χ3v) is 5.54. The summed E-state index contributed by atoms with van der Waals surface area (Å²) in [5, 5.41) is 0. The summed E-state index contributed by atoms with van der Waals surface area (Å²) in [5.41, 5.74) is 8.00. The Bertz CT molecular complexity index is 425. The van der Waals surface area contributed by atoms with Gasteiger partial charge in [-0.15, -0.1) is 0 Å². The average Bonchev–Trinajstić information content (AvgIpc) is 2.58. The number of halogens is 3. The Labute approximate surface area is 142 Å². The fraction of sp³-hybridized carbons (Fsp3) is 0.688. The Kier molecular flexibility index (Phi) is 7.09. The molecule has 0 fully saturated rings. The van der Waals surface area contributed by atoms with Crippen molar-refractivity contribution in [3.05, 3.63) is 27.8 Å². The van der Waals surface area contributed by atoms with E-state index in [1.807, 2.05) is 0 Å². The molecule has 0 bridgehead atoms. The molecule has 0 amide bonds. The van der Waals surface area contributed by atoms with Gasteiger partial charge in [0, 0.05) is 0 Å². The van der Waals surface area contributed by atoms with Crippen LogP contribution in [0.3, 0.4) is 0 Å². The summed E-state index contributed by atoms with van der Waals surface area (Å²) in [5.74, 6) is 3.08. The van der Waals surface area contributed by atoms with Gasteiger partial charge in [0.1, 0.15) is 0 Å². The first-order chi connectivity index (χ1) is 9.11. The van der Waals surface area contributed by atoms with Gasteiger partial charge in [0.05, 0.1) is 0 Å². The Balaban J connectivity index is 0.000000444. The van der Waals surface area contributed by atoms with Crippen LogP contribution in [0.25, 0.3) is 0 Å². The van der Waals surface area contributed by atoms with E-state index in [4.69, 9.17) is 27.9 Å². The fourth-order valence-corrected chi connectivity index (χ4v) is 3.70. The van der Waals surface area contributed by atoms with Crippen molar-refractivity contribution in [1.82, 2.24) is 0 Å². The standard InChI is InChI=1S/C16H25.3ClH.Ti/c1-8-9(2)12(5)16-14(7)10(3)13(6)15(16)11(8)4;;;;/h8-9,11-12H,1-7H3;3*1H;/q-1;;;;+4/p-3. The summed E-state index contributed by atoms with van der Waals surface area (Å²) >= 11 is -1.92. The van der Waals surface area contributed by atoms with Gasteiger partial charge in [-0.2, -0.15) is 27.8 Å². The van der Waals surface area contributed by atoms with Crippen molar-refractivity contribution in [3.63, 3.8) is 0 Å². The van der Waals surface area contributed by atoms with Gasteiger partial charge in [0.25, 0.3) is 0 Å². The summed E-state index contributed by atoms with van der Waals surface area (Å²) in [7, 11) is 14.9. The summed E-state index contributed by atoms with van der Waals surface area (Å²) in [4.78, 5) is 0. The molecule has 4 unspecified atom stereocenters. The first kappa shape index (κ1) is 19.0. The number of hydrogen-bond donors (Lipinski definition) is 0. The summed E-state index contributed by atoms with van der Waals surface area (Å²) < 4.78 is 0. The topological polar surface area (TPSA) is 0 Å². The predicted octanol–water partition coefficient (Wildman–Crippen LogP) is 6.89. The molecule has 0 radical (unpaired) electrons. The monoisotopic (exact) mass is 370 g/mol. The SMILES string of the molecule is Cc1c2c([c-](C)c1C)C(C)C(C)C(C)C2C.[Cl][Ti+]([Cl])[Cl]. The second kappa shape index (κ2) is 7.47. The van der Waals surface area contributed by atoms with E-state index in [9.17, 15) is 0 Å². The van der Waals surface area contributed by atoms with Crippen LogP contribution < -0.4 is 0 Å². The third kappa shape index (κ3) is 3.63. The number of rotatable bonds is 0. The molecule has 4 heteroatoms. The van der Waals surface area contributed by atoms with E-state index >= 15 is 0 Å². The maximum absolute atomic E-state index is 4.97. The molecule has 114 valence electrons. The molecule has 0 spiro atoms. The van der Waals surface area contributed by atoms with Crippen LogP contribution in [0.1, 0.15) is 67.3 Å². The Hall–Kier alpha value is 0.934. The maximum atomic E-state index is 4.97. The van der Waals surface area contributed by atoms with Crippen LogP contribution >= 0.6 is 27.9 Å². The molecule has 4 atom stereocenters. The molecule has 1 aromatic rings. The minimum absolute atomic E-state index is 0.730. The van der Waals surface area contributed by atoms with Crippen molar-refractivity contribution in [1.29, 1.82) is 0 Å². The summed E-state index contributed by atoms with van der Waals surface area (Å²) in [6.07, 6.45) is 0. The summed E-state index contributed by atoms with van der Waals surface area (Å²) in [6.45, 7) is 16.6. The molecule has 0 aliphatic heterocycles. The first-order valence-corrected chi connectivity index (χ1v) is 13.6. The molecule has 0 heterocycles. The van der Waals surface area contributed by atoms with Gasteiger partial charge in [0.2, 0.25) is 0 Å². The quantitative estimate of drug-likeness (QED) is 0.344. The predicted molar refractivity (Wildman–Crippen MR) is 89.0 cm³/mol. The van der Waals surface area contributed by atoms with Crippen molar-refractivity contribution in [2.45, 2.75) is 60.3 Å². The van der Waals surface area contributed by atoms with Crippen LogP contribution in [-0.4, -0.2) is 0 Å². The average molecular weight is 372 g/mol. The Morgan fingerprint density at radius 2 is 1.30 bits per heavy atom. The molecular formula is C16H25Cl3Ti. The number of hydrogen-bond acceptors (Lipinski definition) is 0. The van der Waals surface area contributed by atoms with Crippen molar-refractivity contribution in [2.24, 2.45) is 11.8 Å². The zero-order valence-electron chi connectivity index (χ0n) is 13.4. The normalized spacial score (nSPS) is 28.5. The molecule has 0 saturated carbocycles. The molecule has 1 aromatic carbocycles. The van der Waals surface area contributed by atoms with Crippen molar-refractivity contribution >= 4 is 27.9 Å². The Morgan fingerprint density at radius 1 is 0.900 bits per heavy atom. The van der Waals surface area contributed by atoms with Crippen LogP contribution in [0.5, 0.6) is 0 Å². The summed E-state index contributed by atoms with van der Waals surface area (Å²) in [6, 6.07) is 0. The molecule has 0 nitrogen and oxygen atoms in total. The van der Waals surface area contributed by atoms with E-state index < -0.39 is 14.7 Å². The second-order valence-electron chi connectivity index (χ2n) is 6.21.